The van der Waals surface area contributed by atoms with Crippen LogP contribution in [0.25, 0.3) is 0 Å². The van der Waals surface area contributed by atoms with Crippen molar-refractivity contribution in [3.05, 3.63) is 18.0 Å². The zero-order valence-electron chi connectivity index (χ0n) is 10.7. The van der Waals surface area contributed by atoms with Crippen LogP contribution in [0.5, 0.6) is 0 Å². The average molecular weight is 237 g/mol. The van der Waals surface area contributed by atoms with Gasteiger partial charge in [0.1, 0.15) is 0 Å². The van der Waals surface area contributed by atoms with Crippen LogP contribution in [0, 0.1) is 0 Å². The van der Waals surface area contributed by atoms with Crippen LogP contribution in [-0.2, 0) is 13.1 Å². The molecule has 17 heavy (non-hydrogen) atoms. The molecule has 0 aliphatic heterocycles. The summed E-state index contributed by atoms with van der Waals surface area (Å²) in [5.41, 5.74) is 1.15. The lowest BCUT2D eigenvalue weighted by atomic mass is 9.82. The molecule has 0 atom stereocenters. The van der Waals surface area contributed by atoms with Gasteiger partial charge in [0.2, 0.25) is 0 Å². The van der Waals surface area contributed by atoms with Gasteiger partial charge in [-0.2, -0.15) is 5.10 Å². The highest BCUT2D eigenvalue weighted by atomic mass is 16.3. The third-order valence-electron chi connectivity index (χ3n) is 3.79. The van der Waals surface area contributed by atoms with Gasteiger partial charge in [-0.25, -0.2) is 0 Å². The Morgan fingerprint density at radius 2 is 2.18 bits per heavy atom. The number of hydrogen-bond donors (Lipinski definition) is 2. The number of rotatable bonds is 5. The number of aliphatic hydroxyl groups excluding tert-OH is 1. The van der Waals surface area contributed by atoms with Crippen LogP contribution in [0.3, 0.4) is 0 Å². The van der Waals surface area contributed by atoms with E-state index in [9.17, 15) is 5.11 Å². The molecule has 4 nitrogen and oxygen atoms in total. The summed E-state index contributed by atoms with van der Waals surface area (Å²) in [5, 5.41) is 17.4. The Balaban J connectivity index is 1.90. The summed E-state index contributed by atoms with van der Waals surface area (Å²) < 4.78 is 1.93. The van der Waals surface area contributed by atoms with E-state index in [1.54, 1.807) is 0 Å². The van der Waals surface area contributed by atoms with Crippen molar-refractivity contribution >= 4 is 0 Å². The normalized spacial score (nSPS) is 19.4. The van der Waals surface area contributed by atoms with Crippen molar-refractivity contribution in [1.29, 1.82) is 0 Å². The van der Waals surface area contributed by atoms with E-state index in [4.69, 9.17) is 0 Å². The minimum Gasteiger partial charge on any atom is -0.394 e. The molecule has 1 aromatic rings. The molecule has 0 unspecified atom stereocenters. The predicted octanol–water partition coefficient (Wildman–Crippen LogP) is 1.69. The van der Waals surface area contributed by atoms with E-state index in [0.717, 1.165) is 25.9 Å². The number of aromatic nitrogens is 2. The Labute approximate surface area is 103 Å². The fourth-order valence-corrected chi connectivity index (χ4v) is 2.58. The molecular weight excluding hydrogens is 214 g/mol. The summed E-state index contributed by atoms with van der Waals surface area (Å²) in [6, 6.07) is 0. The van der Waals surface area contributed by atoms with E-state index >= 15 is 0 Å². The van der Waals surface area contributed by atoms with Gasteiger partial charge in [-0.15, -0.1) is 0 Å². The minimum absolute atomic E-state index is 0.0490. The van der Waals surface area contributed by atoms with Crippen LogP contribution in [0.4, 0.5) is 0 Å². The highest BCUT2D eigenvalue weighted by Gasteiger charge is 2.30. The number of nitrogens with one attached hydrogen (secondary N) is 1. The van der Waals surface area contributed by atoms with Crippen LogP contribution >= 0.6 is 0 Å². The molecule has 0 amide bonds. The molecule has 0 aromatic carbocycles. The van der Waals surface area contributed by atoms with Gasteiger partial charge < -0.3 is 10.4 Å². The van der Waals surface area contributed by atoms with Gasteiger partial charge in [0, 0.05) is 30.4 Å². The molecule has 1 heterocycles. The summed E-state index contributed by atoms with van der Waals surface area (Å²) in [5.74, 6) is 0. The molecule has 1 saturated carbocycles. The van der Waals surface area contributed by atoms with Crippen molar-refractivity contribution in [3.63, 3.8) is 0 Å². The smallest absolute Gasteiger partial charge is 0.0613 e. The zero-order chi connectivity index (χ0) is 12.1. The van der Waals surface area contributed by atoms with Gasteiger partial charge >= 0.3 is 0 Å². The average Bonchev–Trinajstić information content (AvgIpc) is 2.85. The summed E-state index contributed by atoms with van der Waals surface area (Å²) in [7, 11) is 0. The van der Waals surface area contributed by atoms with Crippen LogP contribution in [0.15, 0.2) is 12.4 Å². The second-order valence-corrected chi connectivity index (χ2v) is 5.06. The lowest BCUT2D eigenvalue weighted by Gasteiger charge is -2.36. The first-order valence-corrected chi connectivity index (χ1v) is 6.65. The van der Waals surface area contributed by atoms with Crippen molar-refractivity contribution in [2.75, 3.05) is 6.61 Å². The fourth-order valence-electron chi connectivity index (χ4n) is 2.58. The van der Waals surface area contributed by atoms with E-state index < -0.39 is 0 Å². The highest BCUT2D eigenvalue weighted by molar-refractivity contribution is 5.05. The van der Waals surface area contributed by atoms with Crippen LogP contribution in [-0.4, -0.2) is 27.0 Å². The van der Waals surface area contributed by atoms with E-state index in [-0.39, 0.29) is 12.1 Å². The van der Waals surface area contributed by atoms with Crippen molar-refractivity contribution in [3.8, 4) is 0 Å². The van der Waals surface area contributed by atoms with Gasteiger partial charge in [0.05, 0.1) is 12.8 Å². The molecule has 0 radical (unpaired) electrons. The second kappa shape index (κ2) is 5.65. The Bertz CT molecular complexity index is 342. The van der Waals surface area contributed by atoms with Gasteiger partial charge in [0.15, 0.2) is 0 Å². The van der Waals surface area contributed by atoms with Gasteiger partial charge in [-0.05, 0) is 19.8 Å². The first-order valence-electron chi connectivity index (χ1n) is 6.65. The largest absolute Gasteiger partial charge is 0.394 e. The van der Waals surface area contributed by atoms with Crippen LogP contribution < -0.4 is 5.32 Å². The number of nitrogens with zero attached hydrogens (tertiary/aromatic N) is 2. The quantitative estimate of drug-likeness (QED) is 0.819. The van der Waals surface area contributed by atoms with Crippen molar-refractivity contribution < 1.29 is 5.11 Å². The molecule has 0 saturated heterocycles. The minimum atomic E-state index is -0.0490. The van der Waals surface area contributed by atoms with E-state index in [1.165, 1.54) is 24.8 Å². The summed E-state index contributed by atoms with van der Waals surface area (Å²) in [4.78, 5) is 0. The molecule has 96 valence electrons. The van der Waals surface area contributed by atoms with Crippen molar-refractivity contribution in [2.45, 2.75) is 57.7 Å². The maximum absolute atomic E-state index is 9.59. The molecule has 2 N–H and O–H groups in total. The van der Waals surface area contributed by atoms with Crippen molar-refractivity contribution in [1.82, 2.24) is 15.1 Å². The Hall–Kier alpha value is -0.870. The molecule has 2 rings (SSSR count). The van der Waals surface area contributed by atoms with E-state index in [2.05, 4.69) is 23.5 Å². The molecule has 1 fully saturated rings. The molecule has 0 bridgehead atoms. The van der Waals surface area contributed by atoms with Gasteiger partial charge in [0.25, 0.3) is 0 Å². The summed E-state index contributed by atoms with van der Waals surface area (Å²) in [6.07, 6.45) is 9.91. The lowest BCUT2D eigenvalue weighted by Crippen LogP contribution is -2.49. The molecule has 4 heteroatoms. The van der Waals surface area contributed by atoms with E-state index in [1.807, 2.05) is 10.9 Å². The number of hydrogen-bond acceptors (Lipinski definition) is 3. The number of aliphatic hydroxyl groups is 1. The number of aryl methyl sites for hydroxylation is 1. The maximum atomic E-state index is 9.59. The second-order valence-electron chi connectivity index (χ2n) is 5.06. The van der Waals surface area contributed by atoms with Crippen molar-refractivity contribution in [2.24, 2.45) is 0 Å². The van der Waals surface area contributed by atoms with Gasteiger partial charge in [-0.3, -0.25) is 4.68 Å². The monoisotopic (exact) mass is 237 g/mol. The predicted molar refractivity (Wildman–Crippen MR) is 67.6 cm³/mol. The fraction of sp³-hybridized carbons (Fsp3) is 0.769. The first-order chi connectivity index (χ1) is 8.28. The van der Waals surface area contributed by atoms with Crippen LogP contribution in [0.1, 0.15) is 44.6 Å². The van der Waals surface area contributed by atoms with Gasteiger partial charge in [-0.1, -0.05) is 19.3 Å². The third-order valence-corrected chi connectivity index (χ3v) is 3.79. The summed E-state index contributed by atoms with van der Waals surface area (Å²) >= 11 is 0. The molecule has 1 aliphatic rings. The third kappa shape index (κ3) is 3.07. The molecule has 0 spiro atoms. The molecule has 1 aromatic heterocycles. The Morgan fingerprint density at radius 1 is 1.41 bits per heavy atom. The first kappa shape index (κ1) is 12.6. The highest BCUT2D eigenvalue weighted by Crippen LogP contribution is 2.28. The lowest BCUT2D eigenvalue weighted by molar-refractivity contribution is 0.119. The van der Waals surface area contributed by atoms with Crippen LogP contribution in [0.2, 0.25) is 0 Å². The Morgan fingerprint density at radius 3 is 2.76 bits per heavy atom. The topological polar surface area (TPSA) is 50.1 Å². The summed E-state index contributed by atoms with van der Waals surface area (Å²) in [6.45, 7) is 4.04. The maximum Gasteiger partial charge on any atom is 0.0613 e. The molecular formula is C13H23N3O. The zero-order valence-corrected chi connectivity index (χ0v) is 10.7. The standard InChI is InChI=1S/C13H23N3O/c1-2-16-10-12(9-15-16)8-14-13(11-17)6-4-3-5-7-13/h9-10,14,17H,2-8,11H2,1H3. The van der Waals surface area contributed by atoms with E-state index in [0.29, 0.717) is 0 Å². The Kier molecular flexibility index (Phi) is 4.18. The molecule has 1 aliphatic carbocycles. The SMILES string of the molecule is CCn1cc(CNC2(CO)CCCCC2)cn1.